The highest BCUT2D eigenvalue weighted by Crippen LogP contribution is 2.24. The van der Waals surface area contributed by atoms with Gasteiger partial charge in [0.05, 0.1) is 6.10 Å². The van der Waals surface area contributed by atoms with Gasteiger partial charge in [0.25, 0.3) is 0 Å². The summed E-state index contributed by atoms with van der Waals surface area (Å²) in [6.45, 7) is 5.27. The van der Waals surface area contributed by atoms with E-state index in [-0.39, 0.29) is 6.10 Å². The van der Waals surface area contributed by atoms with Crippen LogP contribution in [-0.2, 0) is 0 Å². The Balaban J connectivity index is 1.87. The minimum atomic E-state index is -0.150. The third-order valence-electron chi connectivity index (χ3n) is 4.25. The molecule has 0 amide bonds. The van der Waals surface area contributed by atoms with Crippen LogP contribution in [0.25, 0.3) is 0 Å². The number of alkyl halides is 1. The van der Waals surface area contributed by atoms with Crippen molar-refractivity contribution >= 4 is 15.9 Å². The Bertz CT molecular complexity index is 360. The number of likely N-dealkylation sites (tertiary alicyclic amines) is 1. The molecule has 0 bridgehead atoms. The summed E-state index contributed by atoms with van der Waals surface area (Å²) in [6.07, 6.45) is 2.10. The summed E-state index contributed by atoms with van der Waals surface area (Å²) in [5.41, 5.74) is 1.41. The van der Waals surface area contributed by atoms with Crippen LogP contribution in [0.3, 0.4) is 0 Å². The highest BCUT2D eigenvalue weighted by molar-refractivity contribution is 9.09. The molecule has 0 aliphatic carbocycles. The highest BCUT2D eigenvalue weighted by atomic mass is 79.9. The number of halogens is 1. The number of piperidine rings is 1. The van der Waals surface area contributed by atoms with Gasteiger partial charge in [-0.2, -0.15) is 0 Å². The first-order valence-corrected chi connectivity index (χ1v) is 8.34. The first-order valence-electron chi connectivity index (χ1n) is 7.22. The van der Waals surface area contributed by atoms with Gasteiger partial charge >= 0.3 is 0 Å². The second-order valence-corrected chi connectivity index (χ2v) is 6.29. The zero-order valence-corrected chi connectivity index (χ0v) is 13.2. The summed E-state index contributed by atoms with van der Waals surface area (Å²) >= 11 is 3.65. The maximum Gasteiger partial charge on any atom is 0.0541 e. The summed E-state index contributed by atoms with van der Waals surface area (Å²) in [5.74, 6) is 1.06. The predicted molar refractivity (Wildman–Crippen MR) is 83.8 cm³/mol. The molecule has 1 aliphatic heterocycles. The van der Waals surface area contributed by atoms with Crippen LogP contribution in [0.2, 0.25) is 0 Å². The fourth-order valence-corrected chi connectivity index (χ4v) is 3.48. The zero-order valence-electron chi connectivity index (χ0n) is 11.6. The lowest BCUT2D eigenvalue weighted by atomic mass is 9.91. The molecule has 1 aromatic carbocycles. The molecule has 1 aromatic rings. The van der Waals surface area contributed by atoms with Gasteiger partial charge in [-0.3, -0.25) is 0 Å². The largest absolute Gasteiger partial charge is 0.393 e. The Hall–Kier alpha value is -0.380. The molecule has 2 rings (SSSR count). The van der Waals surface area contributed by atoms with Crippen molar-refractivity contribution in [3.63, 3.8) is 0 Å². The molecule has 1 fully saturated rings. The minimum absolute atomic E-state index is 0.150. The molecule has 19 heavy (non-hydrogen) atoms. The van der Waals surface area contributed by atoms with E-state index in [2.05, 4.69) is 51.2 Å². The first-order chi connectivity index (χ1) is 9.20. The van der Waals surface area contributed by atoms with Crippen molar-refractivity contribution in [1.82, 2.24) is 4.90 Å². The van der Waals surface area contributed by atoms with Crippen LogP contribution in [0.5, 0.6) is 0 Å². The van der Waals surface area contributed by atoms with Gasteiger partial charge < -0.3 is 10.0 Å². The third-order valence-corrected chi connectivity index (χ3v) is 5.03. The Labute approximate surface area is 124 Å². The number of hydrogen-bond donors (Lipinski definition) is 1. The monoisotopic (exact) mass is 325 g/mol. The molecule has 1 saturated heterocycles. The predicted octanol–water partition coefficient (Wildman–Crippen LogP) is 3.26. The normalized spacial score (nSPS) is 21.2. The average molecular weight is 326 g/mol. The van der Waals surface area contributed by atoms with Crippen molar-refractivity contribution in [3.8, 4) is 0 Å². The maximum absolute atomic E-state index is 9.64. The summed E-state index contributed by atoms with van der Waals surface area (Å²) in [6, 6.07) is 10.7. The molecule has 0 radical (unpaired) electrons. The number of benzene rings is 1. The van der Waals surface area contributed by atoms with Crippen molar-refractivity contribution < 1.29 is 5.11 Å². The first kappa shape index (κ1) is 15.0. The topological polar surface area (TPSA) is 23.5 Å². The Kier molecular flexibility index (Phi) is 5.86. The quantitative estimate of drug-likeness (QED) is 0.840. The summed E-state index contributed by atoms with van der Waals surface area (Å²) in [7, 11) is 0. The van der Waals surface area contributed by atoms with Gasteiger partial charge in [0.15, 0.2) is 0 Å². The van der Waals surface area contributed by atoms with E-state index in [1.807, 2.05) is 6.92 Å². The van der Waals surface area contributed by atoms with Crippen LogP contribution < -0.4 is 0 Å². The van der Waals surface area contributed by atoms with Crippen LogP contribution >= 0.6 is 15.9 Å². The zero-order chi connectivity index (χ0) is 13.7. The fraction of sp³-hybridized carbons (Fsp3) is 0.625. The smallest absolute Gasteiger partial charge is 0.0541 e. The highest BCUT2D eigenvalue weighted by Gasteiger charge is 2.24. The SMILES string of the molecule is CC(O)C1CCN(CC(CBr)c2ccccc2)CC1. The molecule has 2 nitrogen and oxygen atoms in total. The van der Waals surface area contributed by atoms with Gasteiger partial charge in [-0.05, 0) is 44.3 Å². The van der Waals surface area contributed by atoms with Crippen LogP contribution in [0.15, 0.2) is 30.3 Å². The summed E-state index contributed by atoms with van der Waals surface area (Å²) < 4.78 is 0. The van der Waals surface area contributed by atoms with E-state index >= 15 is 0 Å². The molecule has 0 aromatic heterocycles. The molecule has 2 unspecified atom stereocenters. The van der Waals surface area contributed by atoms with Crippen molar-refractivity contribution in [3.05, 3.63) is 35.9 Å². The lowest BCUT2D eigenvalue weighted by Gasteiger charge is -2.35. The van der Waals surface area contributed by atoms with Crippen molar-refractivity contribution in [2.24, 2.45) is 5.92 Å². The van der Waals surface area contributed by atoms with Gasteiger partial charge in [0.2, 0.25) is 0 Å². The van der Waals surface area contributed by atoms with E-state index in [0.717, 1.165) is 37.8 Å². The number of rotatable bonds is 5. The van der Waals surface area contributed by atoms with E-state index in [1.54, 1.807) is 0 Å². The van der Waals surface area contributed by atoms with Crippen LogP contribution in [0.4, 0.5) is 0 Å². The van der Waals surface area contributed by atoms with Crippen molar-refractivity contribution in [1.29, 1.82) is 0 Å². The summed E-state index contributed by atoms with van der Waals surface area (Å²) in [4.78, 5) is 2.54. The number of aliphatic hydroxyl groups is 1. The summed E-state index contributed by atoms with van der Waals surface area (Å²) in [5, 5.41) is 10.7. The third kappa shape index (κ3) is 4.30. The average Bonchev–Trinajstić information content (AvgIpc) is 2.46. The van der Waals surface area contributed by atoms with E-state index in [4.69, 9.17) is 0 Å². The Morgan fingerprint density at radius 3 is 2.42 bits per heavy atom. The minimum Gasteiger partial charge on any atom is -0.393 e. The molecule has 0 saturated carbocycles. The lowest BCUT2D eigenvalue weighted by molar-refractivity contribution is 0.0705. The maximum atomic E-state index is 9.64. The van der Waals surface area contributed by atoms with E-state index in [1.165, 1.54) is 5.56 Å². The molecule has 1 N–H and O–H groups in total. The molecule has 1 aliphatic rings. The molecular formula is C16H24BrNO. The van der Waals surface area contributed by atoms with Crippen LogP contribution in [0.1, 0.15) is 31.2 Å². The van der Waals surface area contributed by atoms with Gasteiger partial charge in [-0.1, -0.05) is 46.3 Å². The van der Waals surface area contributed by atoms with Gasteiger partial charge in [0, 0.05) is 17.8 Å². The molecule has 3 heteroatoms. The van der Waals surface area contributed by atoms with Crippen molar-refractivity contribution in [2.75, 3.05) is 25.0 Å². The van der Waals surface area contributed by atoms with Crippen LogP contribution in [-0.4, -0.2) is 41.1 Å². The molecule has 106 valence electrons. The number of aliphatic hydroxyl groups excluding tert-OH is 1. The molecule has 2 atom stereocenters. The van der Waals surface area contributed by atoms with Gasteiger partial charge in [-0.25, -0.2) is 0 Å². The number of hydrogen-bond acceptors (Lipinski definition) is 2. The standard InChI is InChI=1S/C16H24BrNO/c1-13(19)14-7-9-18(10-8-14)12-16(11-17)15-5-3-2-4-6-15/h2-6,13-14,16,19H,7-12H2,1H3. The van der Waals surface area contributed by atoms with E-state index in [9.17, 15) is 5.11 Å². The Morgan fingerprint density at radius 2 is 1.89 bits per heavy atom. The molecule has 0 spiro atoms. The number of nitrogens with zero attached hydrogens (tertiary/aromatic N) is 1. The van der Waals surface area contributed by atoms with E-state index < -0.39 is 0 Å². The molecular weight excluding hydrogens is 302 g/mol. The second kappa shape index (κ2) is 7.41. The van der Waals surface area contributed by atoms with Gasteiger partial charge in [0.1, 0.15) is 0 Å². The lowest BCUT2D eigenvalue weighted by Crippen LogP contribution is -2.39. The fourth-order valence-electron chi connectivity index (χ4n) is 2.90. The van der Waals surface area contributed by atoms with Crippen molar-refractivity contribution in [2.45, 2.75) is 31.8 Å². The second-order valence-electron chi connectivity index (χ2n) is 5.64. The van der Waals surface area contributed by atoms with Gasteiger partial charge in [-0.15, -0.1) is 0 Å². The van der Waals surface area contributed by atoms with E-state index in [0.29, 0.717) is 11.8 Å². The Morgan fingerprint density at radius 1 is 1.26 bits per heavy atom. The van der Waals surface area contributed by atoms with Crippen LogP contribution in [0, 0.1) is 5.92 Å². The molecule has 1 heterocycles.